The molecule has 0 aliphatic carbocycles. The topological polar surface area (TPSA) is 110 Å². The maximum Gasteiger partial charge on any atom is 0.381 e. The van der Waals surface area contributed by atoms with Gasteiger partial charge in [0.05, 0.1) is 12.1 Å². The van der Waals surface area contributed by atoms with Crippen molar-refractivity contribution in [2.24, 2.45) is 0 Å². The van der Waals surface area contributed by atoms with Gasteiger partial charge in [-0.2, -0.15) is 0 Å². The summed E-state index contributed by atoms with van der Waals surface area (Å²) in [5.41, 5.74) is 0.471. The lowest BCUT2D eigenvalue weighted by molar-refractivity contribution is -0.389. The Morgan fingerprint density at radius 3 is 2.62 bits per heavy atom. The van der Waals surface area contributed by atoms with E-state index >= 15 is 0 Å². The van der Waals surface area contributed by atoms with Crippen molar-refractivity contribution in [3.05, 3.63) is 57.8 Å². The van der Waals surface area contributed by atoms with Gasteiger partial charge >= 0.3 is 5.82 Å². The molecule has 9 heteroatoms. The van der Waals surface area contributed by atoms with E-state index < -0.39 is 28.8 Å². The van der Waals surface area contributed by atoms with E-state index in [9.17, 15) is 24.4 Å². The van der Waals surface area contributed by atoms with Crippen LogP contribution < -0.4 is 5.32 Å². The molecule has 24 heavy (non-hydrogen) atoms. The first kappa shape index (κ1) is 17.5. The highest BCUT2D eigenvalue weighted by Crippen LogP contribution is 2.17. The zero-order chi connectivity index (χ0) is 17.9. The van der Waals surface area contributed by atoms with Gasteiger partial charge in [0.2, 0.25) is 11.7 Å². The molecular formula is C15H17FN4O4. The second-order valence-electron chi connectivity index (χ2n) is 5.38. The second-order valence-corrected chi connectivity index (χ2v) is 5.38. The van der Waals surface area contributed by atoms with Gasteiger partial charge in [0.15, 0.2) is 0 Å². The highest BCUT2D eigenvalue weighted by molar-refractivity contribution is 5.76. The van der Waals surface area contributed by atoms with Crippen LogP contribution in [0.1, 0.15) is 24.4 Å². The van der Waals surface area contributed by atoms with Crippen LogP contribution in [0.25, 0.3) is 0 Å². The lowest BCUT2D eigenvalue weighted by Gasteiger charge is -2.20. The van der Waals surface area contributed by atoms with Gasteiger partial charge < -0.3 is 20.5 Å². The minimum absolute atomic E-state index is 0.160. The predicted octanol–water partition coefficient (Wildman–Crippen LogP) is 1.48. The molecule has 8 nitrogen and oxygen atoms in total. The van der Waals surface area contributed by atoms with E-state index in [1.54, 1.807) is 13.8 Å². The minimum atomic E-state index is -1.01. The van der Waals surface area contributed by atoms with Crippen LogP contribution in [0.3, 0.4) is 0 Å². The molecule has 2 atom stereocenters. The molecule has 0 fully saturated rings. The number of hydrogen-bond donors (Lipinski definition) is 2. The first-order valence-electron chi connectivity index (χ1n) is 7.19. The van der Waals surface area contributed by atoms with Crippen LogP contribution in [0.4, 0.5) is 10.2 Å². The fourth-order valence-electron chi connectivity index (χ4n) is 2.22. The number of aliphatic hydroxyl groups excluding tert-OH is 1. The highest BCUT2D eigenvalue weighted by Gasteiger charge is 2.21. The third-order valence-corrected chi connectivity index (χ3v) is 3.54. The smallest absolute Gasteiger partial charge is 0.381 e. The maximum atomic E-state index is 12.9. The number of amides is 1. The second kappa shape index (κ2) is 7.18. The van der Waals surface area contributed by atoms with E-state index in [0.29, 0.717) is 11.4 Å². The summed E-state index contributed by atoms with van der Waals surface area (Å²) in [4.78, 5) is 25.8. The molecule has 0 bridgehead atoms. The number of aliphatic hydroxyl groups is 1. The molecule has 1 aromatic heterocycles. The Bertz CT molecular complexity index is 744. The molecule has 2 N–H and O–H groups in total. The SMILES string of the molecule is Cc1nc([N+](=O)[O-])cn1CC(=O)NC(C)C(O)c1ccc(F)cc1. The molecule has 0 saturated carbocycles. The van der Waals surface area contributed by atoms with E-state index in [1.807, 2.05) is 0 Å². The number of carbonyl (C=O) groups is 1. The molecule has 1 amide bonds. The average molecular weight is 336 g/mol. The molecule has 0 saturated heterocycles. The van der Waals surface area contributed by atoms with Crippen molar-refractivity contribution in [3.63, 3.8) is 0 Å². The standard InChI is InChI=1S/C15H17FN4O4/c1-9(15(22)11-3-5-12(16)6-4-11)17-14(21)8-19-7-13(20(23)24)18-10(19)2/h3-7,9,15,22H,8H2,1-2H3,(H,17,21). The van der Waals surface area contributed by atoms with Gasteiger partial charge in [-0.3, -0.25) is 9.36 Å². The number of imidazole rings is 1. The molecule has 0 spiro atoms. The Morgan fingerprint density at radius 2 is 2.08 bits per heavy atom. The number of halogens is 1. The Labute approximate surface area is 137 Å². The molecular weight excluding hydrogens is 319 g/mol. The van der Waals surface area contributed by atoms with Crippen LogP contribution in [-0.2, 0) is 11.3 Å². The van der Waals surface area contributed by atoms with Crippen LogP contribution in [-0.4, -0.2) is 31.5 Å². The predicted molar refractivity (Wildman–Crippen MR) is 82.6 cm³/mol. The van der Waals surface area contributed by atoms with E-state index in [2.05, 4.69) is 10.3 Å². The van der Waals surface area contributed by atoms with Crippen molar-refractivity contribution in [2.75, 3.05) is 0 Å². The lowest BCUT2D eigenvalue weighted by atomic mass is 10.0. The Balaban J connectivity index is 1.98. The van der Waals surface area contributed by atoms with Gasteiger partial charge in [0, 0.05) is 6.92 Å². The van der Waals surface area contributed by atoms with E-state index in [0.717, 1.165) is 0 Å². The monoisotopic (exact) mass is 336 g/mol. The summed E-state index contributed by atoms with van der Waals surface area (Å²) in [7, 11) is 0. The number of carbonyl (C=O) groups excluding carboxylic acids is 1. The minimum Gasteiger partial charge on any atom is -0.386 e. The van der Waals surface area contributed by atoms with Gasteiger partial charge in [-0.1, -0.05) is 12.1 Å². The fraction of sp³-hybridized carbons (Fsp3) is 0.333. The van der Waals surface area contributed by atoms with Gasteiger partial charge in [0.25, 0.3) is 0 Å². The van der Waals surface area contributed by atoms with Crippen LogP contribution in [0.5, 0.6) is 0 Å². The van der Waals surface area contributed by atoms with Crippen molar-refractivity contribution < 1.29 is 19.2 Å². The summed E-state index contributed by atoms with van der Waals surface area (Å²) in [6.45, 7) is 3.00. The van der Waals surface area contributed by atoms with Crippen molar-refractivity contribution in [3.8, 4) is 0 Å². The maximum absolute atomic E-state index is 12.9. The van der Waals surface area contributed by atoms with Gasteiger partial charge in [0.1, 0.15) is 18.6 Å². The van der Waals surface area contributed by atoms with Gasteiger partial charge in [-0.15, -0.1) is 0 Å². The fourth-order valence-corrected chi connectivity index (χ4v) is 2.22. The molecule has 2 rings (SSSR count). The zero-order valence-electron chi connectivity index (χ0n) is 13.1. The number of hydrogen-bond acceptors (Lipinski definition) is 5. The van der Waals surface area contributed by atoms with E-state index in [4.69, 9.17) is 0 Å². The normalized spacial score (nSPS) is 13.3. The number of benzene rings is 1. The molecule has 128 valence electrons. The molecule has 0 aliphatic heterocycles. The Kier molecular flexibility index (Phi) is 5.24. The quantitative estimate of drug-likeness (QED) is 0.613. The van der Waals surface area contributed by atoms with Crippen molar-refractivity contribution in [1.29, 1.82) is 0 Å². The highest BCUT2D eigenvalue weighted by atomic mass is 19.1. The summed E-state index contributed by atoms with van der Waals surface area (Å²) >= 11 is 0. The zero-order valence-corrected chi connectivity index (χ0v) is 13.1. The average Bonchev–Trinajstić information content (AvgIpc) is 2.88. The summed E-state index contributed by atoms with van der Waals surface area (Å²) in [5, 5.41) is 23.5. The van der Waals surface area contributed by atoms with Crippen LogP contribution in [0, 0.1) is 22.9 Å². The molecule has 2 aromatic rings. The number of nitrogens with one attached hydrogen (secondary N) is 1. The van der Waals surface area contributed by atoms with Crippen molar-refractivity contribution in [1.82, 2.24) is 14.9 Å². The summed E-state index contributed by atoms with van der Waals surface area (Å²) in [6.07, 6.45) is 0.170. The number of aromatic nitrogens is 2. The summed E-state index contributed by atoms with van der Waals surface area (Å²) in [6, 6.07) is 4.70. The van der Waals surface area contributed by atoms with Crippen molar-refractivity contribution in [2.45, 2.75) is 32.5 Å². The largest absolute Gasteiger partial charge is 0.386 e. The number of rotatable bonds is 6. The number of nitrogens with zero attached hydrogens (tertiary/aromatic N) is 3. The summed E-state index contributed by atoms with van der Waals surface area (Å²) < 4.78 is 14.2. The van der Waals surface area contributed by atoms with E-state index in [1.165, 1.54) is 35.0 Å². The first-order chi connectivity index (χ1) is 11.3. The van der Waals surface area contributed by atoms with Gasteiger partial charge in [-0.25, -0.2) is 4.39 Å². The molecule has 1 heterocycles. The van der Waals surface area contributed by atoms with E-state index in [-0.39, 0.29) is 12.4 Å². The molecule has 1 aromatic carbocycles. The lowest BCUT2D eigenvalue weighted by Crippen LogP contribution is -2.39. The number of nitro groups is 1. The third-order valence-electron chi connectivity index (χ3n) is 3.54. The van der Waals surface area contributed by atoms with Gasteiger partial charge in [-0.05, 0) is 34.5 Å². The third kappa shape index (κ3) is 4.13. The van der Waals surface area contributed by atoms with Crippen LogP contribution >= 0.6 is 0 Å². The van der Waals surface area contributed by atoms with Crippen LogP contribution in [0.2, 0.25) is 0 Å². The Morgan fingerprint density at radius 1 is 1.46 bits per heavy atom. The molecule has 0 radical (unpaired) electrons. The Hall–Kier alpha value is -2.81. The molecule has 2 unspecified atom stereocenters. The van der Waals surface area contributed by atoms with Crippen molar-refractivity contribution >= 4 is 11.7 Å². The van der Waals surface area contributed by atoms with Crippen LogP contribution in [0.15, 0.2) is 30.5 Å². The first-order valence-corrected chi connectivity index (χ1v) is 7.19. The summed E-state index contributed by atoms with van der Waals surface area (Å²) in [5.74, 6) is -0.845. The molecule has 0 aliphatic rings. The number of aryl methyl sites for hydroxylation is 1.